The highest BCUT2D eigenvalue weighted by Gasteiger charge is 2.28. The maximum absolute atomic E-state index is 13.9. The summed E-state index contributed by atoms with van der Waals surface area (Å²) in [7, 11) is -0.738. The molecule has 0 fully saturated rings. The van der Waals surface area contributed by atoms with E-state index < -0.39 is 10.5 Å². The molecule has 0 bridgehead atoms. The molecule has 40 heavy (non-hydrogen) atoms. The quantitative estimate of drug-likeness (QED) is 0.134. The van der Waals surface area contributed by atoms with E-state index in [0.29, 0.717) is 56.3 Å². The Morgan fingerprint density at radius 3 is 2.15 bits per heavy atom. The Labute approximate surface area is 247 Å². The molecule has 0 saturated heterocycles. The van der Waals surface area contributed by atoms with Crippen molar-refractivity contribution in [3.05, 3.63) is 97.2 Å². The predicted octanol–water partition coefficient (Wildman–Crippen LogP) is 9.70. The largest absolute Gasteiger partial charge is 0.492 e. The SMILES string of the molecule is CCCOc1ccc(Cl)c2c(=O)c3cc(-[s+]4c5ccccc5c(=O)c5c(Cl)ccc(OCCC)c54)ccc3sc12. The third kappa shape index (κ3) is 4.44. The second kappa shape index (κ2) is 11.0. The van der Waals surface area contributed by atoms with Gasteiger partial charge in [-0.25, -0.2) is 0 Å². The number of halogens is 2. The summed E-state index contributed by atoms with van der Waals surface area (Å²) in [4.78, 5) is 28.5. The van der Waals surface area contributed by atoms with Crippen molar-refractivity contribution in [2.24, 2.45) is 0 Å². The molecule has 202 valence electrons. The highest BCUT2D eigenvalue weighted by molar-refractivity contribution is 7.49. The molecule has 1 unspecified atom stereocenters. The molecule has 0 aliphatic heterocycles. The van der Waals surface area contributed by atoms with E-state index >= 15 is 0 Å². The number of hydrogen-bond acceptors (Lipinski definition) is 5. The zero-order valence-corrected chi connectivity index (χ0v) is 25.0. The molecule has 6 rings (SSSR count). The van der Waals surface area contributed by atoms with Crippen LogP contribution in [0, 0.1) is 0 Å². The second-order valence-electron chi connectivity index (χ2n) is 9.42. The zero-order chi connectivity index (χ0) is 28.0. The maximum atomic E-state index is 13.9. The van der Waals surface area contributed by atoms with Crippen molar-refractivity contribution in [2.75, 3.05) is 13.2 Å². The van der Waals surface area contributed by atoms with E-state index in [1.54, 1.807) is 12.1 Å². The third-order valence-electron chi connectivity index (χ3n) is 6.72. The van der Waals surface area contributed by atoms with E-state index in [-0.39, 0.29) is 10.9 Å². The summed E-state index contributed by atoms with van der Waals surface area (Å²) >= 11 is 14.7. The van der Waals surface area contributed by atoms with Crippen molar-refractivity contribution in [1.29, 1.82) is 0 Å². The molecular weight excluding hydrogens is 583 g/mol. The zero-order valence-electron chi connectivity index (χ0n) is 21.9. The van der Waals surface area contributed by atoms with Crippen molar-refractivity contribution < 1.29 is 9.47 Å². The van der Waals surface area contributed by atoms with Gasteiger partial charge in [0.25, 0.3) is 0 Å². The molecule has 1 atom stereocenters. The van der Waals surface area contributed by atoms with Crippen molar-refractivity contribution >= 4 is 85.4 Å². The molecular formula is C32H25Cl2O4S2+. The monoisotopic (exact) mass is 607 g/mol. The first-order valence-corrected chi connectivity index (χ1v) is 15.9. The van der Waals surface area contributed by atoms with Gasteiger partial charge in [-0.3, -0.25) is 9.59 Å². The van der Waals surface area contributed by atoms with Crippen molar-refractivity contribution in [2.45, 2.75) is 26.7 Å². The number of benzene rings is 4. The molecule has 4 aromatic carbocycles. The Kier molecular flexibility index (Phi) is 7.44. The van der Waals surface area contributed by atoms with Crippen LogP contribution in [0.4, 0.5) is 0 Å². The van der Waals surface area contributed by atoms with Gasteiger partial charge in [0.2, 0.25) is 10.1 Å². The van der Waals surface area contributed by atoms with Gasteiger partial charge in [-0.15, -0.1) is 11.3 Å². The summed E-state index contributed by atoms with van der Waals surface area (Å²) in [6.45, 7) is 5.15. The van der Waals surface area contributed by atoms with Crippen LogP contribution in [0.25, 0.3) is 45.2 Å². The van der Waals surface area contributed by atoms with Crippen LogP contribution < -0.4 is 20.3 Å². The van der Waals surface area contributed by atoms with E-state index in [2.05, 4.69) is 0 Å². The second-order valence-corrected chi connectivity index (χ2v) is 13.2. The summed E-state index contributed by atoms with van der Waals surface area (Å²) in [6.07, 6.45) is 1.68. The topological polar surface area (TPSA) is 52.6 Å². The Bertz CT molecular complexity index is 2060. The van der Waals surface area contributed by atoms with Gasteiger partial charge in [0.05, 0.1) is 38.7 Å². The van der Waals surface area contributed by atoms with Gasteiger partial charge in [-0.2, -0.15) is 0 Å². The number of rotatable bonds is 7. The van der Waals surface area contributed by atoms with Gasteiger partial charge in [0.15, 0.2) is 20.8 Å². The fourth-order valence-corrected chi connectivity index (χ4v) is 9.15. The summed E-state index contributed by atoms with van der Waals surface area (Å²) < 4.78 is 15.3. The average Bonchev–Trinajstić information content (AvgIpc) is 2.96. The third-order valence-corrected chi connectivity index (χ3v) is 10.9. The van der Waals surface area contributed by atoms with E-state index in [9.17, 15) is 9.59 Å². The molecule has 8 heteroatoms. The molecule has 6 aromatic rings. The molecule has 0 aliphatic rings. The smallest absolute Gasteiger partial charge is 0.234 e. The molecule has 4 nitrogen and oxygen atoms in total. The van der Waals surface area contributed by atoms with Crippen LogP contribution in [0.15, 0.2) is 76.3 Å². The Hall–Kier alpha value is -3.16. The van der Waals surface area contributed by atoms with Gasteiger partial charge in [0, 0.05) is 26.6 Å². The van der Waals surface area contributed by atoms with Gasteiger partial charge in [-0.1, -0.05) is 49.2 Å². The molecule has 0 spiro atoms. The minimum Gasteiger partial charge on any atom is -0.492 e. The highest BCUT2D eigenvalue weighted by Crippen LogP contribution is 2.49. The molecule has 0 N–H and O–H groups in total. The molecule has 0 aliphatic carbocycles. The fraction of sp³-hybridized carbons (Fsp3) is 0.188. The lowest BCUT2D eigenvalue weighted by Gasteiger charge is -2.11. The van der Waals surface area contributed by atoms with Crippen LogP contribution >= 0.6 is 45.0 Å². The lowest BCUT2D eigenvalue weighted by Crippen LogP contribution is -2.06. The first kappa shape index (κ1) is 27.0. The van der Waals surface area contributed by atoms with E-state index in [1.165, 1.54) is 11.3 Å². The van der Waals surface area contributed by atoms with Crippen LogP contribution in [-0.2, 0) is 0 Å². The van der Waals surface area contributed by atoms with Crippen molar-refractivity contribution in [3.63, 3.8) is 0 Å². The maximum Gasteiger partial charge on any atom is 0.234 e. The minimum atomic E-state index is -0.738. The fourth-order valence-electron chi connectivity index (χ4n) is 4.93. The summed E-state index contributed by atoms with van der Waals surface area (Å²) in [6, 6.07) is 20.7. The summed E-state index contributed by atoms with van der Waals surface area (Å²) in [5.41, 5.74) is -0.262. The Morgan fingerprint density at radius 1 is 0.750 bits per heavy atom. The van der Waals surface area contributed by atoms with Crippen molar-refractivity contribution in [3.8, 4) is 16.4 Å². The molecule has 0 amide bonds. The van der Waals surface area contributed by atoms with Crippen LogP contribution in [-0.4, -0.2) is 13.2 Å². The molecule has 0 radical (unpaired) electrons. The minimum absolute atomic E-state index is 0.119. The Balaban J connectivity index is 1.72. The lowest BCUT2D eigenvalue weighted by atomic mass is 10.1. The number of fused-ring (bicyclic) bond motifs is 4. The van der Waals surface area contributed by atoms with Crippen LogP contribution in [0.5, 0.6) is 11.5 Å². The standard InChI is InChI=1S/C32H25Cl2O4S2/c1-3-15-37-23-12-10-21(33)27-30(36)20-17-18(9-14-25(20)39-31(23)27)40-26-8-6-5-7-19(26)29(35)28-22(34)11-13-24(32(28)40)38-16-4-2/h5-14,17H,3-4,15-16H2,1-2H3/q+1. The van der Waals surface area contributed by atoms with E-state index in [4.69, 9.17) is 32.7 Å². The van der Waals surface area contributed by atoms with Gasteiger partial charge < -0.3 is 9.47 Å². The summed E-state index contributed by atoms with van der Waals surface area (Å²) in [5, 5.41) is 2.89. The number of ether oxygens (including phenoxy) is 2. The van der Waals surface area contributed by atoms with Crippen LogP contribution in [0.2, 0.25) is 10.0 Å². The van der Waals surface area contributed by atoms with Crippen LogP contribution in [0.3, 0.4) is 0 Å². The van der Waals surface area contributed by atoms with Gasteiger partial charge in [0.1, 0.15) is 11.1 Å². The predicted molar refractivity (Wildman–Crippen MR) is 172 cm³/mol. The molecule has 2 aromatic heterocycles. The van der Waals surface area contributed by atoms with E-state index in [0.717, 1.165) is 36.5 Å². The molecule has 2 heterocycles. The van der Waals surface area contributed by atoms with Crippen molar-refractivity contribution in [1.82, 2.24) is 0 Å². The first-order valence-electron chi connectivity index (χ1n) is 13.1. The Morgan fingerprint density at radius 2 is 1.40 bits per heavy atom. The van der Waals surface area contributed by atoms with E-state index in [1.807, 2.05) is 68.4 Å². The van der Waals surface area contributed by atoms with Crippen LogP contribution in [0.1, 0.15) is 26.7 Å². The van der Waals surface area contributed by atoms with Gasteiger partial charge >= 0.3 is 0 Å². The highest BCUT2D eigenvalue weighted by atomic mass is 35.5. The average molecular weight is 609 g/mol. The summed E-state index contributed by atoms with van der Waals surface area (Å²) in [5.74, 6) is 1.30. The number of hydrogen-bond donors (Lipinski definition) is 0. The lowest BCUT2D eigenvalue weighted by molar-refractivity contribution is 0.321. The first-order chi connectivity index (χ1) is 19.4. The normalized spacial score (nSPS) is 12.1. The molecule has 0 saturated carbocycles. The van der Waals surface area contributed by atoms with Gasteiger partial charge in [-0.05, 0) is 61.4 Å².